The zero-order chi connectivity index (χ0) is 22.2. The number of aromatic nitrogens is 6. The predicted molar refractivity (Wildman–Crippen MR) is 115 cm³/mol. The molecule has 0 unspecified atom stereocenters. The average molecular weight is 435 g/mol. The van der Waals surface area contributed by atoms with Gasteiger partial charge < -0.3 is 14.8 Å². The maximum absolute atomic E-state index is 12.6. The zero-order valence-electron chi connectivity index (χ0n) is 18.0. The summed E-state index contributed by atoms with van der Waals surface area (Å²) in [4.78, 5) is 32.4. The van der Waals surface area contributed by atoms with Crippen molar-refractivity contribution in [1.29, 1.82) is 0 Å². The van der Waals surface area contributed by atoms with Gasteiger partial charge in [-0.3, -0.25) is 14.0 Å². The quantitative estimate of drug-likeness (QED) is 0.427. The number of H-pyrrole nitrogens is 1. The van der Waals surface area contributed by atoms with Gasteiger partial charge in [0, 0.05) is 31.0 Å². The topological polar surface area (TPSA) is 131 Å². The highest BCUT2D eigenvalue weighted by molar-refractivity contribution is 5.98. The van der Waals surface area contributed by atoms with Gasteiger partial charge in [0.15, 0.2) is 17.1 Å². The van der Waals surface area contributed by atoms with Crippen LogP contribution in [0.4, 0.5) is 0 Å². The largest absolute Gasteiger partial charge is 0.361 e. The van der Waals surface area contributed by atoms with E-state index in [-0.39, 0.29) is 36.5 Å². The highest BCUT2D eigenvalue weighted by atomic mass is 16.5. The number of aromatic amines is 1. The molecule has 3 atom stereocenters. The summed E-state index contributed by atoms with van der Waals surface area (Å²) in [6, 6.07) is 2.02. The number of ketones is 1. The first-order valence-corrected chi connectivity index (χ1v) is 11.0. The van der Waals surface area contributed by atoms with Crippen molar-refractivity contribution >= 4 is 28.5 Å². The third kappa shape index (κ3) is 3.55. The first-order chi connectivity index (χ1) is 15.5. The highest BCUT2D eigenvalue weighted by Crippen LogP contribution is 2.41. The Morgan fingerprint density at radius 3 is 2.91 bits per heavy atom. The minimum Gasteiger partial charge on any atom is -0.361 e. The van der Waals surface area contributed by atoms with Gasteiger partial charge in [-0.2, -0.15) is 0 Å². The van der Waals surface area contributed by atoms with Crippen LogP contribution in [-0.2, 0) is 4.79 Å². The molecule has 166 valence electrons. The number of fused-ring (bicyclic) bond motifs is 3. The lowest BCUT2D eigenvalue weighted by molar-refractivity contribution is -0.121. The second-order valence-electron chi connectivity index (χ2n) is 8.45. The molecule has 1 amide bonds. The van der Waals surface area contributed by atoms with Crippen molar-refractivity contribution in [2.75, 3.05) is 0 Å². The maximum Gasteiger partial charge on any atom is 0.220 e. The molecule has 1 saturated carbocycles. The first kappa shape index (κ1) is 20.3. The summed E-state index contributed by atoms with van der Waals surface area (Å²) in [5, 5.41) is 15.6. The summed E-state index contributed by atoms with van der Waals surface area (Å²) in [7, 11) is 0. The molecule has 10 nitrogen and oxygen atoms in total. The van der Waals surface area contributed by atoms with Crippen LogP contribution in [0.5, 0.6) is 0 Å². The van der Waals surface area contributed by atoms with Gasteiger partial charge in [-0.1, -0.05) is 18.5 Å². The Kier molecular flexibility index (Phi) is 5.20. The number of nitrogens with zero attached hydrogens (tertiary/aromatic N) is 5. The van der Waals surface area contributed by atoms with Gasteiger partial charge in [-0.05, 0) is 31.7 Å². The second kappa shape index (κ2) is 8.18. The molecule has 32 heavy (non-hydrogen) atoms. The number of hydrogen-bond donors (Lipinski definition) is 2. The van der Waals surface area contributed by atoms with Crippen molar-refractivity contribution in [2.24, 2.45) is 5.92 Å². The van der Waals surface area contributed by atoms with Gasteiger partial charge >= 0.3 is 0 Å². The summed E-state index contributed by atoms with van der Waals surface area (Å²) in [5.74, 6) is 1.71. The Morgan fingerprint density at radius 1 is 1.25 bits per heavy atom. The van der Waals surface area contributed by atoms with E-state index < -0.39 is 0 Å². The number of nitrogens with one attached hydrogen (secondary N) is 2. The number of carbonyl (C=O) groups excluding carboxylic acids is 2. The van der Waals surface area contributed by atoms with E-state index in [1.54, 1.807) is 13.1 Å². The molecule has 4 aromatic heterocycles. The molecule has 0 aliphatic heterocycles. The Labute approximate surface area is 183 Å². The zero-order valence-corrected chi connectivity index (χ0v) is 18.0. The fourth-order valence-electron chi connectivity index (χ4n) is 4.88. The van der Waals surface area contributed by atoms with Gasteiger partial charge in [0.25, 0.3) is 0 Å². The molecule has 0 radical (unpaired) electrons. The highest BCUT2D eigenvalue weighted by Gasteiger charge is 2.37. The summed E-state index contributed by atoms with van der Waals surface area (Å²) in [5.41, 5.74) is 2.90. The van der Waals surface area contributed by atoms with Crippen molar-refractivity contribution in [2.45, 2.75) is 57.9 Å². The van der Waals surface area contributed by atoms with Crippen LogP contribution >= 0.6 is 0 Å². The molecule has 10 heteroatoms. The van der Waals surface area contributed by atoms with Crippen LogP contribution in [0.2, 0.25) is 0 Å². The smallest absolute Gasteiger partial charge is 0.220 e. The van der Waals surface area contributed by atoms with Crippen molar-refractivity contribution in [1.82, 2.24) is 35.0 Å². The van der Waals surface area contributed by atoms with Gasteiger partial charge in [-0.25, -0.2) is 4.98 Å². The van der Waals surface area contributed by atoms with Crippen LogP contribution in [0.1, 0.15) is 66.9 Å². The molecule has 0 bridgehead atoms. The minimum atomic E-state index is -0.131. The second-order valence-corrected chi connectivity index (χ2v) is 8.45. The van der Waals surface area contributed by atoms with E-state index >= 15 is 0 Å². The predicted octanol–water partition coefficient (Wildman–Crippen LogP) is 2.95. The summed E-state index contributed by atoms with van der Waals surface area (Å²) in [6.45, 7) is 3.85. The van der Waals surface area contributed by atoms with Crippen molar-refractivity contribution in [3.8, 4) is 0 Å². The SMILES string of the molecule is CC[C@@H]1C[C@H](NC(=O)CCC(=O)c2cnoc2C)C[C@@H]1c1nnc2cnc3[nH]ccc3n12. The molecule has 1 aliphatic carbocycles. The third-order valence-electron chi connectivity index (χ3n) is 6.51. The fraction of sp³-hybridized carbons (Fsp3) is 0.455. The molecule has 1 fully saturated rings. The van der Waals surface area contributed by atoms with Crippen LogP contribution in [-0.4, -0.2) is 47.5 Å². The monoisotopic (exact) mass is 435 g/mol. The van der Waals surface area contributed by atoms with E-state index in [1.807, 2.05) is 12.3 Å². The number of rotatable bonds is 7. The van der Waals surface area contributed by atoms with Crippen LogP contribution in [0.15, 0.2) is 29.2 Å². The van der Waals surface area contributed by atoms with E-state index in [0.29, 0.717) is 17.2 Å². The summed E-state index contributed by atoms with van der Waals surface area (Å²) < 4.78 is 7.00. The van der Waals surface area contributed by atoms with Gasteiger partial charge in [-0.15, -0.1) is 10.2 Å². The van der Waals surface area contributed by atoms with Gasteiger partial charge in [0.1, 0.15) is 11.6 Å². The molecule has 1 aliphatic rings. The maximum atomic E-state index is 12.6. The van der Waals surface area contributed by atoms with Gasteiger partial charge in [0.05, 0.1) is 23.5 Å². The summed E-state index contributed by atoms with van der Waals surface area (Å²) in [6.07, 6.45) is 7.91. The molecule has 0 spiro atoms. The molecule has 2 N–H and O–H groups in total. The Hall–Kier alpha value is -3.56. The lowest BCUT2D eigenvalue weighted by Gasteiger charge is -2.15. The van der Waals surface area contributed by atoms with Crippen LogP contribution in [0.3, 0.4) is 0 Å². The van der Waals surface area contributed by atoms with Crippen molar-refractivity contribution in [3.05, 3.63) is 41.8 Å². The standard InChI is InChI=1S/C22H25N7O3/c1-3-13-8-14(26-20(31)5-4-18(30)16-10-25-32-12(16)2)9-15(13)22-28-27-19-11-24-21-17(29(19)22)6-7-23-21/h6-7,10-11,13-15,23H,3-5,8-9H2,1-2H3,(H,26,31)/t13-,14+,15+/m1/s1. The lowest BCUT2D eigenvalue weighted by Crippen LogP contribution is -2.33. The molecule has 0 aromatic carbocycles. The lowest BCUT2D eigenvalue weighted by atomic mass is 9.93. The van der Waals surface area contributed by atoms with Crippen molar-refractivity contribution < 1.29 is 14.1 Å². The third-order valence-corrected chi connectivity index (χ3v) is 6.51. The minimum absolute atomic E-state index is 0.0424. The number of aryl methyl sites for hydroxylation is 1. The summed E-state index contributed by atoms with van der Waals surface area (Å²) >= 11 is 0. The molecule has 5 rings (SSSR count). The van der Waals surface area contributed by atoms with E-state index in [0.717, 1.165) is 41.9 Å². The first-order valence-electron chi connectivity index (χ1n) is 11.0. The number of carbonyl (C=O) groups is 2. The van der Waals surface area contributed by atoms with E-state index in [9.17, 15) is 9.59 Å². The van der Waals surface area contributed by atoms with Crippen LogP contribution in [0.25, 0.3) is 16.8 Å². The van der Waals surface area contributed by atoms with E-state index in [1.165, 1.54) is 6.20 Å². The fourth-order valence-corrected chi connectivity index (χ4v) is 4.88. The molecule has 4 aromatic rings. The van der Waals surface area contributed by atoms with E-state index in [4.69, 9.17) is 4.52 Å². The molecule has 0 saturated heterocycles. The Balaban J connectivity index is 1.28. The normalized spacial score (nSPS) is 20.9. The van der Waals surface area contributed by atoms with Crippen LogP contribution in [0, 0.1) is 12.8 Å². The molecular formula is C22H25N7O3. The number of hydrogen-bond acceptors (Lipinski definition) is 7. The Bertz CT molecular complexity index is 1290. The van der Waals surface area contributed by atoms with Gasteiger partial charge in [0.2, 0.25) is 5.91 Å². The number of amides is 1. The van der Waals surface area contributed by atoms with Crippen molar-refractivity contribution in [3.63, 3.8) is 0 Å². The molecular weight excluding hydrogens is 410 g/mol. The van der Waals surface area contributed by atoms with Crippen LogP contribution < -0.4 is 5.32 Å². The number of Topliss-reactive ketones (excluding diaryl/α,β-unsaturated/α-hetero) is 1. The molecule has 4 heterocycles. The average Bonchev–Trinajstić information content (AvgIpc) is 3.56. The van der Waals surface area contributed by atoms with E-state index in [2.05, 4.69) is 42.0 Å². The Morgan fingerprint density at radius 2 is 2.12 bits per heavy atom.